The molecule has 4 heteroatoms. The van der Waals surface area contributed by atoms with Gasteiger partial charge in [0, 0.05) is 10.1 Å². The number of ether oxygens (including phenoxy) is 1. The third-order valence-corrected chi connectivity index (χ3v) is 3.33. The maximum Gasteiger partial charge on any atom is 0.270 e. The number of hydrogen-bond donors (Lipinski definition) is 0. The second kappa shape index (κ2) is 3.91. The Hall–Kier alpha value is -0.780. The number of fused-ring (bicyclic) bond motifs is 1. The summed E-state index contributed by atoms with van der Waals surface area (Å²) in [5.41, 5.74) is 0.0974. The Labute approximate surface area is 109 Å². The number of carbonyl (C=O) groups is 1. The van der Waals surface area contributed by atoms with E-state index in [4.69, 9.17) is 4.74 Å². The first kappa shape index (κ1) is 11.7. The van der Waals surface area contributed by atoms with Crippen LogP contribution in [0.5, 0.6) is 5.75 Å². The van der Waals surface area contributed by atoms with Gasteiger partial charge in [-0.1, -0.05) is 0 Å². The molecule has 1 aromatic carbocycles. The highest BCUT2D eigenvalue weighted by atomic mass is 127. The lowest BCUT2D eigenvalue weighted by Gasteiger charge is -2.38. The Bertz CT molecular complexity index is 443. The van der Waals surface area contributed by atoms with Crippen molar-refractivity contribution in [2.45, 2.75) is 26.4 Å². The zero-order valence-electron chi connectivity index (χ0n) is 9.58. The predicted octanol–water partition coefficient (Wildman–Crippen LogP) is 2.82. The van der Waals surface area contributed by atoms with E-state index in [9.17, 15) is 4.79 Å². The smallest absolute Gasteiger partial charge is 0.270 e. The number of benzene rings is 1. The molecule has 1 aromatic rings. The fourth-order valence-electron chi connectivity index (χ4n) is 1.86. The number of halogens is 1. The van der Waals surface area contributed by atoms with Crippen molar-refractivity contribution in [1.29, 1.82) is 0 Å². The van der Waals surface area contributed by atoms with Gasteiger partial charge < -0.3 is 9.64 Å². The summed E-state index contributed by atoms with van der Waals surface area (Å²) in [4.78, 5) is 13.9. The van der Waals surface area contributed by atoms with Crippen molar-refractivity contribution in [3.63, 3.8) is 0 Å². The van der Waals surface area contributed by atoms with Crippen LogP contribution in [0.15, 0.2) is 18.2 Å². The van der Waals surface area contributed by atoms with Gasteiger partial charge in [-0.25, -0.2) is 0 Å². The molecule has 1 aliphatic heterocycles. The molecule has 0 radical (unpaired) electrons. The summed E-state index contributed by atoms with van der Waals surface area (Å²) in [6.07, 6.45) is 0. The van der Waals surface area contributed by atoms with Crippen LogP contribution < -0.4 is 9.64 Å². The van der Waals surface area contributed by atoms with Crippen LogP contribution in [0.3, 0.4) is 0 Å². The Morgan fingerprint density at radius 1 is 1.44 bits per heavy atom. The maximum atomic E-state index is 12.1. The van der Waals surface area contributed by atoms with E-state index < -0.39 is 5.60 Å². The Morgan fingerprint density at radius 2 is 2.12 bits per heavy atom. The molecule has 0 bridgehead atoms. The Balaban J connectivity index is 2.55. The number of carbonyl (C=O) groups excluding carboxylic acids is 1. The molecule has 16 heavy (non-hydrogen) atoms. The minimum Gasteiger partial charge on any atom is -0.476 e. The molecule has 1 aliphatic rings. The third-order valence-electron chi connectivity index (χ3n) is 2.65. The summed E-state index contributed by atoms with van der Waals surface area (Å²) in [5, 5.41) is 0. The monoisotopic (exact) mass is 331 g/mol. The van der Waals surface area contributed by atoms with Crippen LogP contribution in [0.4, 0.5) is 5.69 Å². The van der Waals surface area contributed by atoms with Crippen molar-refractivity contribution in [2.75, 3.05) is 11.4 Å². The standard InChI is InChI=1S/C12H14INO2/c1-4-14-9-6-5-8(13)7-10(9)16-12(2,3)11(14)15/h5-7H,4H2,1-3H3. The van der Waals surface area contributed by atoms with Gasteiger partial charge >= 0.3 is 0 Å². The summed E-state index contributed by atoms with van der Waals surface area (Å²) in [6.45, 7) is 6.25. The first-order valence-corrected chi connectivity index (χ1v) is 6.34. The summed E-state index contributed by atoms with van der Waals surface area (Å²) in [7, 11) is 0. The second-order valence-electron chi connectivity index (χ2n) is 4.27. The van der Waals surface area contributed by atoms with E-state index in [1.165, 1.54) is 0 Å². The van der Waals surface area contributed by atoms with E-state index in [0.717, 1.165) is 15.0 Å². The first-order chi connectivity index (χ1) is 7.45. The lowest BCUT2D eigenvalue weighted by atomic mass is 10.0. The van der Waals surface area contributed by atoms with Gasteiger partial charge in [-0.2, -0.15) is 0 Å². The van der Waals surface area contributed by atoms with Crippen LogP contribution in [-0.4, -0.2) is 18.1 Å². The van der Waals surface area contributed by atoms with Gasteiger partial charge in [0.05, 0.1) is 5.69 Å². The molecule has 0 atom stereocenters. The van der Waals surface area contributed by atoms with Crippen molar-refractivity contribution < 1.29 is 9.53 Å². The molecule has 0 saturated carbocycles. The first-order valence-electron chi connectivity index (χ1n) is 5.26. The molecule has 0 saturated heterocycles. The van der Waals surface area contributed by atoms with Gasteiger partial charge in [0.25, 0.3) is 5.91 Å². The van der Waals surface area contributed by atoms with E-state index in [-0.39, 0.29) is 5.91 Å². The highest BCUT2D eigenvalue weighted by molar-refractivity contribution is 14.1. The number of likely N-dealkylation sites (N-methyl/N-ethyl adjacent to an activating group) is 1. The summed E-state index contributed by atoms with van der Waals surface area (Å²) in [6, 6.07) is 5.89. The highest BCUT2D eigenvalue weighted by Gasteiger charge is 2.40. The van der Waals surface area contributed by atoms with Crippen molar-refractivity contribution in [3.05, 3.63) is 21.8 Å². The average molecular weight is 331 g/mol. The van der Waals surface area contributed by atoms with Gasteiger partial charge in [0.2, 0.25) is 0 Å². The van der Waals surface area contributed by atoms with Gasteiger partial charge in [0.15, 0.2) is 5.60 Å². The van der Waals surface area contributed by atoms with E-state index in [1.54, 1.807) is 18.7 Å². The molecule has 0 aliphatic carbocycles. The van der Waals surface area contributed by atoms with Crippen molar-refractivity contribution >= 4 is 34.2 Å². The van der Waals surface area contributed by atoms with Crippen molar-refractivity contribution in [3.8, 4) is 5.75 Å². The summed E-state index contributed by atoms with van der Waals surface area (Å²) >= 11 is 2.24. The molecule has 0 unspecified atom stereocenters. The predicted molar refractivity (Wildman–Crippen MR) is 71.9 cm³/mol. The quantitative estimate of drug-likeness (QED) is 0.741. The SMILES string of the molecule is CCN1C(=O)C(C)(C)Oc2cc(I)ccc21. The molecule has 0 spiro atoms. The molecule has 0 N–H and O–H groups in total. The van der Waals surface area contributed by atoms with Crippen LogP contribution >= 0.6 is 22.6 Å². The van der Waals surface area contributed by atoms with Crippen LogP contribution in [0.2, 0.25) is 0 Å². The number of amides is 1. The van der Waals surface area contributed by atoms with E-state index in [2.05, 4.69) is 22.6 Å². The van der Waals surface area contributed by atoms with Crippen molar-refractivity contribution in [2.24, 2.45) is 0 Å². The molecule has 3 nitrogen and oxygen atoms in total. The number of hydrogen-bond acceptors (Lipinski definition) is 2. The molecule has 2 rings (SSSR count). The largest absolute Gasteiger partial charge is 0.476 e. The lowest BCUT2D eigenvalue weighted by molar-refractivity contribution is -0.132. The van der Waals surface area contributed by atoms with E-state index in [0.29, 0.717) is 6.54 Å². The van der Waals surface area contributed by atoms with Gasteiger partial charge in [0.1, 0.15) is 5.75 Å². The molecule has 1 amide bonds. The number of anilines is 1. The minimum atomic E-state index is -0.770. The zero-order valence-corrected chi connectivity index (χ0v) is 11.7. The Morgan fingerprint density at radius 3 is 2.75 bits per heavy atom. The molecule has 0 aromatic heterocycles. The van der Waals surface area contributed by atoms with Gasteiger partial charge in [-0.15, -0.1) is 0 Å². The summed E-state index contributed by atoms with van der Waals surface area (Å²) in [5.74, 6) is 0.807. The summed E-state index contributed by atoms with van der Waals surface area (Å²) < 4.78 is 6.86. The van der Waals surface area contributed by atoms with Gasteiger partial charge in [-0.05, 0) is 61.6 Å². The highest BCUT2D eigenvalue weighted by Crippen LogP contribution is 2.38. The second-order valence-corrected chi connectivity index (χ2v) is 5.52. The maximum absolute atomic E-state index is 12.1. The molecular weight excluding hydrogens is 317 g/mol. The zero-order chi connectivity index (χ0) is 11.9. The van der Waals surface area contributed by atoms with Crippen LogP contribution in [0.25, 0.3) is 0 Å². The van der Waals surface area contributed by atoms with E-state index >= 15 is 0 Å². The Kier molecular flexibility index (Phi) is 2.86. The average Bonchev–Trinajstić information content (AvgIpc) is 2.20. The normalized spacial score (nSPS) is 18.0. The van der Waals surface area contributed by atoms with Crippen LogP contribution in [0.1, 0.15) is 20.8 Å². The van der Waals surface area contributed by atoms with Crippen LogP contribution in [-0.2, 0) is 4.79 Å². The van der Waals surface area contributed by atoms with Gasteiger partial charge in [-0.3, -0.25) is 4.79 Å². The molecular formula is C12H14INO2. The fourth-order valence-corrected chi connectivity index (χ4v) is 2.32. The minimum absolute atomic E-state index is 0.0173. The van der Waals surface area contributed by atoms with Crippen LogP contribution in [0, 0.1) is 3.57 Å². The molecule has 86 valence electrons. The van der Waals surface area contributed by atoms with E-state index in [1.807, 2.05) is 25.1 Å². The number of rotatable bonds is 1. The number of nitrogens with zero attached hydrogens (tertiary/aromatic N) is 1. The molecule has 1 heterocycles. The van der Waals surface area contributed by atoms with Crippen molar-refractivity contribution in [1.82, 2.24) is 0 Å². The topological polar surface area (TPSA) is 29.5 Å². The third kappa shape index (κ3) is 1.79. The lowest BCUT2D eigenvalue weighted by Crippen LogP contribution is -2.52. The fraction of sp³-hybridized carbons (Fsp3) is 0.417. The molecule has 0 fully saturated rings.